The molecule has 9 nitrogen and oxygen atoms in total. The number of halogens is 1. The third-order valence-electron chi connectivity index (χ3n) is 5.95. The van der Waals surface area contributed by atoms with E-state index in [2.05, 4.69) is 10.2 Å². The average molecular weight is 489 g/mol. The Morgan fingerprint density at radius 3 is 2.56 bits per heavy atom. The molecule has 2 aromatic rings. The van der Waals surface area contributed by atoms with Gasteiger partial charge in [0.15, 0.2) is 23.2 Å². The molecule has 0 saturated carbocycles. The lowest BCUT2D eigenvalue weighted by atomic mass is 10.1. The zero-order valence-electron chi connectivity index (χ0n) is 19.6. The van der Waals surface area contributed by atoms with Crippen LogP contribution in [0.4, 0.5) is 16.0 Å². The molecule has 0 unspecified atom stereocenters. The van der Waals surface area contributed by atoms with Gasteiger partial charge in [0.1, 0.15) is 6.10 Å². The first kappa shape index (κ1) is 24.2. The van der Waals surface area contributed by atoms with Crippen LogP contribution in [0.15, 0.2) is 18.2 Å². The van der Waals surface area contributed by atoms with E-state index in [1.54, 1.807) is 6.07 Å². The molecule has 0 radical (unpaired) electrons. The second-order valence-corrected chi connectivity index (χ2v) is 11.0. The van der Waals surface area contributed by atoms with Gasteiger partial charge < -0.3 is 15.0 Å². The number of ether oxygens (including phenoxy) is 1. The average Bonchev–Trinajstić information content (AvgIpc) is 2.79. The Kier molecular flexibility index (Phi) is 6.91. The number of piperidine rings is 1. The number of aromatic nitrogens is 2. The van der Waals surface area contributed by atoms with Crippen molar-refractivity contribution in [1.29, 1.82) is 5.26 Å². The molecule has 0 bridgehead atoms. The molecule has 0 atom stereocenters. The van der Waals surface area contributed by atoms with Gasteiger partial charge in [-0.25, -0.2) is 22.8 Å². The standard InChI is InChI=1S/C23H29FN6O3S/c1-15(2)26-22-23(28-20-14-30(34(3,31)32)11-8-19(20)27-22)29-9-6-17(7-10-29)33-21-5-4-16(13-25)12-18(21)24/h4-5,12,15,17H,6-11,14H2,1-3H3,(H,26,27). The molecule has 1 saturated heterocycles. The molecule has 4 rings (SSSR count). The summed E-state index contributed by atoms with van der Waals surface area (Å²) < 4.78 is 45.6. The van der Waals surface area contributed by atoms with Gasteiger partial charge in [0.2, 0.25) is 10.0 Å². The summed E-state index contributed by atoms with van der Waals surface area (Å²) in [7, 11) is -3.31. The summed E-state index contributed by atoms with van der Waals surface area (Å²) in [6.07, 6.45) is 2.90. The summed E-state index contributed by atoms with van der Waals surface area (Å²) >= 11 is 0. The zero-order valence-corrected chi connectivity index (χ0v) is 20.4. The Morgan fingerprint density at radius 2 is 1.94 bits per heavy atom. The zero-order chi connectivity index (χ0) is 24.5. The molecule has 0 aliphatic carbocycles. The number of hydrogen-bond acceptors (Lipinski definition) is 8. The number of anilines is 2. The van der Waals surface area contributed by atoms with E-state index < -0.39 is 15.8 Å². The van der Waals surface area contributed by atoms with Crippen LogP contribution in [0.1, 0.15) is 43.6 Å². The quantitative estimate of drug-likeness (QED) is 0.661. The summed E-state index contributed by atoms with van der Waals surface area (Å²) in [6.45, 7) is 5.95. The minimum Gasteiger partial charge on any atom is -0.487 e. The molecule has 34 heavy (non-hydrogen) atoms. The van der Waals surface area contributed by atoms with Crippen LogP contribution in [-0.2, 0) is 23.0 Å². The number of nitrogens with one attached hydrogen (secondary N) is 1. The van der Waals surface area contributed by atoms with E-state index in [0.29, 0.717) is 56.2 Å². The van der Waals surface area contributed by atoms with Gasteiger partial charge in [-0.2, -0.15) is 9.57 Å². The largest absolute Gasteiger partial charge is 0.487 e. The van der Waals surface area contributed by atoms with E-state index in [4.69, 9.17) is 20.0 Å². The van der Waals surface area contributed by atoms with Gasteiger partial charge in [0.05, 0.1) is 35.8 Å². The van der Waals surface area contributed by atoms with Crippen LogP contribution < -0.4 is 15.0 Å². The first-order chi connectivity index (χ1) is 16.1. The van der Waals surface area contributed by atoms with Gasteiger partial charge in [-0.05, 0) is 32.0 Å². The Morgan fingerprint density at radius 1 is 1.21 bits per heavy atom. The summed E-state index contributed by atoms with van der Waals surface area (Å²) in [5.41, 5.74) is 1.76. The maximum absolute atomic E-state index is 14.2. The highest BCUT2D eigenvalue weighted by Crippen LogP contribution is 2.31. The van der Waals surface area contributed by atoms with Crippen molar-refractivity contribution in [3.05, 3.63) is 41.0 Å². The Balaban J connectivity index is 1.51. The fourth-order valence-electron chi connectivity index (χ4n) is 4.20. The van der Waals surface area contributed by atoms with Crippen molar-refractivity contribution >= 4 is 21.7 Å². The second kappa shape index (κ2) is 9.72. The summed E-state index contributed by atoms with van der Waals surface area (Å²) in [5.74, 6) is 1.000. The van der Waals surface area contributed by atoms with E-state index >= 15 is 0 Å². The minimum absolute atomic E-state index is 0.147. The highest BCUT2D eigenvalue weighted by molar-refractivity contribution is 7.88. The molecule has 0 spiro atoms. The van der Waals surface area contributed by atoms with Crippen molar-refractivity contribution in [1.82, 2.24) is 14.3 Å². The molecular formula is C23H29FN6O3S. The van der Waals surface area contributed by atoms with Gasteiger partial charge >= 0.3 is 0 Å². The van der Waals surface area contributed by atoms with Crippen LogP contribution in [0, 0.1) is 17.1 Å². The summed E-state index contributed by atoms with van der Waals surface area (Å²) in [4.78, 5) is 11.8. The molecule has 2 aliphatic rings. The fraction of sp³-hybridized carbons (Fsp3) is 0.522. The molecule has 0 amide bonds. The normalized spacial score (nSPS) is 17.4. The highest BCUT2D eigenvalue weighted by atomic mass is 32.2. The van der Waals surface area contributed by atoms with Crippen LogP contribution in [0.5, 0.6) is 5.75 Å². The van der Waals surface area contributed by atoms with E-state index in [0.717, 1.165) is 5.69 Å². The number of benzene rings is 1. The van der Waals surface area contributed by atoms with Crippen molar-refractivity contribution in [3.63, 3.8) is 0 Å². The maximum Gasteiger partial charge on any atom is 0.211 e. The van der Waals surface area contributed by atoms with Gasteiger partial charge in [0.25, 0.3) is 0 Å². The van der Waals surface area contributed by atoms with Crippen molar-refractivity contribution < 1.29 is 17.5 Å². The van der Waals surface area contributed by atoms with Crippen LogP contribution in [0.25, 0.3) is 0 Å². The predicted molar refractivity (Wildman–Crippen MR) is 127 cm³/mol. The molecule has 3 heterocycles. The van der Waals surface area contributed by atoms with Crippen molar-refractivity contribution in [2.45, 2.75) is 51.8 Å². The molecule has 1 aromatic carbocycles. The lowest BCUT2D eigenvalue weighted by molar-refractivity contribution is 0.163. The molecule has 2 aliphatic heterocycles. The first-order valence-electron chi connectivity index (χ1n) is 11.4. The highest BCUT2D eigenvalue weighted by Gasteiger charge is 2.30. The van der Waals surface area contributed by atoms with E-state index in [9.17, 15) is 12.8 Å². The number of rotatable bonds is 6. The number of hydrogen-bond donors (Lipinski definition) is 1. The third kappa shape index (κ3) is 5.39. The van der Waals surface area contributed by atoms with Crippen LogP contribution in [-0.4, -0.2) is 60.7 Å². The number of sulfonamides is 1. The van der Waals surface area contributed by atoms with E-state index in [1.165, 1.54) is 22.7 Å². The van der Waals surface area contributed by atoms with Crippen molar-refractivity contribution in [2.24, 2.45) is 0 Å². The van der Waals surface area contributed by atoms with Crippen molar-refractivity contribution in [2.75, 3.05) is 36.1 Å². The van der Waals surface area contributed by atoms with Crippen LogP contribution in [0.2, 0.25) is 0 Å². The summed E-state index contributed by atoms with van der Waals surface area (Å²) in [5, 5.41) is 12.3. The Bertz CT molecular complexity index is 1210. The number of fused-ring (bicyclic) bond motifs is 1. The van der Waals surface area contributed by atoms with Gasteiger partial charge in [-0.15, -0.1) is 0 Å². The van der Waals surface area contributed by atoms with Gasteiger partial charge in [-0.1, -0.05) is 0 Å². The topological polar surface area (TPSA) is 111 Å². The molecule has 11 heteroatoms. The van der Waals surface area contributed by atoms with Gasteiger partial charge in [-0.3, -0.25) is 0 Å². The third-order valence-corrected chi connectivity index (χ3v) is 7.20. The molecule has 182 valence electrons. The van der Waals surface area contributed by atoms with Gasteiger partial charge in [0, 0.05) is 44.9 Å². The fourth-order valence-corrected chi connectivity index (χ4v) is 4.98. The molecule has 1 aromatic heterocycles. The van der Waals surface area contributed by atoms with Crippen molar-refractivity contribution in [3.8, 4) is 11.8 Å². The number of nitriles is 1. The summed E-state index contributed by atoms with van der Waals surface area (Å²) in [6, 6.07) is 6.28. The van der Waals surface area contributed by atoms with E-state index in [1.807, 2.05) is 19.9 Å². The Labute approximate surface area is 199 Å². The monoisotopic (exact) mass is 488 g/mol. The minimum atomic E-state index is -3.31. The lowest BCUT2D eigenvalue weighted by Gasteiger charge is -2.35. The van der Waals surface area contributed by atoms with Crippen LogP contribution in [0.3, 0.4) is 0 Å². The smallest absolute Gasteiger partial charge is 0.211 e. The molecular weight excluding hydrogens is 459 g/mol. The first-order valence-corrected chi connectivity index (χ1v) is 13.2. The van der Waals surface area contributed by atoms with Crippen LogP contribution >= 0.6 is 0 Å². The maximum atomic E-state index is 14.2. The second-order valence-electron chi connectivity index (χ2n) is 9.00. The lowest BCUT2D eigenvalue weighted by Crippen LogP contribution is -2.40. The Hall–Kier alpha value is -2.97. The van der Waals surface area contributed by atoms with E-state index in [-0.39, 0.29) is 30.0 Å². The molecule has 1 fully saturated rings. The SMILES string of the molecule is CC(C)Nc1nc2c(nc1N1CCC(Oc3ccc(C#N)cc3F)CC1)CN(S(C)(=O)=O)CC2. The predicted octanol–water partition coefficient (Wildman–Crippen LogP) is 2.67. The molecule has 1 N–H and O–H groups in total. The number of nitrogens with zero attached hydrogens (tertiary/aromatic N) is 5.